The van der Waals surface area contributed by atoms with Crippen LogP contribution in [0.1, 0.15) is 18.4 Å². The first-order valence-corrected chi connectivity index (χ1v) is 13.1. The molecule has 5 rings (SSSR count). The highest BCUT2D eigenvalue weighted by Gasteiger charge is 2.12. The number of fused-ring (bicyclic) bond motifs is 3. The molecule has 0 radical (unpaired) electrons. The molecule has 1 amide bonds. The van der Waals surface area contributed by atoms with Gasteiger partial charge < -0.3 is 13.7 Å². The monoisotopic (exact) mass is 553 g/mol. The molecule has 2 aromatic heterocycles. The summed E-state index contributed by atoms with van der Waals surface area (Å²) in [4.78, 5) is 12.2. The minimum atomic E-state index is -0.297. The van der Waals surface area contributed by atoms with Crippen molar-refractivity contribution >= 4 is 68.9 Å². The summed E-state index contributed by atoms with van der Waals surface area (Å²) in [5.41, 5.74) is 5.79. The summed E-state index contributed by atoms with van der Waals surface area (Å²) in [5.74, 6) is 0.470. The fraction of sp³-hybridized carbons (Fsp3) is 0.154. The number of hydrazone groups is 1. The van der Waals surface area contributed by atoms with Crippen molar-refractivity contribution in [3.8, 4) is 5.75 Å². The van der Waals surface area contributed by atoms with E-state index in [0.29, 0.717) is 15.8 Å². The van der Waals surface area contributed by atoms with Crippen LogP contribution in [0.25, 0.3) is 21.8 Å². The molecule has 0 saturated heterocycles. The van der Waals surface area contributed by atoms with Crippen LogP contribution in [0.4, 0.5) is 0 Å². The number of aryl methyl sites for hydroxylation is 1. The van der Waals surface area contributed by atoms with Gasteiger partial charge in [0.25, 0.3) is 17.0 Å². The van der Waals surface area contributed by atoms with Crippen LogP contribution in [0, 0.1) is 0 Å². The molecule has 0 atom stereocenters. The number of amides is 1. The predicted molar refractivity (Wildman–Crippen MR) is 147 cm³/mol. The molecule has 188 valence electrons. The molecule has 0 aliphatic carbocycles. The molecule has 0 spiro atoms. The Morgan fingerprint density at radius 3 is 2.78 bits per heavy atom. The van der Waals surface area contributed by atoms with Gasteiger partial charge in [0, 0.05) is 33.4 Å². The third-order valence-corrected chi connectivity index (χ3v) is 6.88. The summed E-state index contributed by atoms with van der Waals surface area (Å²) in [6.45, 7) is 3.05. The highest BCUT2D eigenvalue weighted by atomic mass is 35.5. The van der Waals surface area contributed by atoms with Crippen molar-refractivity contribution in [1.82, 2.24) is 20.2 Å². The lowest BCUT2D eigenvalue weighted by molar-refractivity contribution is -0.118. The van der Waals surface area contributed by atoms with Gasteiger partial charge in [-0.05, 0) is 48.9 Å². The first kappa shape index (κ1) is 25.1. The molecule has 2 heterocycles. The maximum Gasteiger partial charge on any atom is 0.277 e. The SMILES string of the molecule is CCn1c2ccccc2c2cc(/C=N\NC(=O)CSc3nnc(COc4ccc(Cl)cc4Cl)o3)ccc21. The van der Waals surface area contributed by atoms with Crippen LogP contribution in [0.15, 0.2) is 75.4 Å². The second-order valence-electron chi connectivity index (χ2n) is 7.94. The average molecular weight is 554 g/mol. The van der Waals surface area contributed by atoms with Gasteiger partial charge >= 0.3 is 0 Å². The molecule has 0 aliphatic heterocycles. The molecule has 5 aromatic rings. The zero-order valence-electron chi connectivity index (χ0n) is 19.6. The molecular weight excluding hydrogens is 533 g/mol. The van der Waals surface area contributed by atoms with Gasteiger partial charge in [-0.3, -0.25) is 4.79 Å². The summed E-state index contributed by atoms with van der Waals surface area (Å²) in [7, 11) is 0. The lowest BCUT2D eigenvalue weighted by atomic mass is 10.1. The van der Waals surface area contributed by atoms with Crippen molar-refractivity contribution in [2.24, 2.45) is 5.10 Å². The van der Waals surface area contributed by atoms with Gasteiger partial charge in [-0.2, -0.15) is 5.10 Å². The third kappa shape index (κ3) is 5.74. The number of nitrogens with zero attached hydrogens (tertiary/aromatic N) is 4. The predicted octanol–water partition coefficient (Wildman–Crippen LogP) is 6.33. The Morgan fingerprint density at radius 1 is 1.11 bits per heavy atom. The Bertz CT molecular complexity index is 1610. The van der Waals surface area contributed by atoms with E-state index in [1.54, 1.807) is 24.4 Å². The number of aromatic nitrogens is 3. The lowest BCUT2D eigenvalue weighted by Gasteiger charge is -2.05. The van der Waals surface area contributed by atoms with Crippen LogP contribution in [-0.4, -0.2) is 32.6 Å². The second-order valence-corrected chi connectivity index (χ2v) is 9.72. The van der Waals surface area contributed by atoms with Crippen LogP contribution in [0.3, 0.4) is 0 Å². The topological polar surface area (TPSA) is 94.5 Å². The van der Waals surface area contributed by atoms with Gasteiger partial charge in [-0.1, -0.05) is 59.2 Å². The molecule has 8 nitrogen and oxygen atoms in total. The molecule has 0 unspecified atom stereocenters. The highest BCUT2D eigenvalue weighted by Crippen LogP contribution is 2.30. The molecule has 0 aliphatic rings. The van der Waals surface area contributed by atoms with Crippen molar-refractivity contribution in [2.75, 3.05) is 5.75 Å². The Morgan fingerprint density at radius 2 is 1.95 bits per heavy atom. The second kappa shape index (κ2) is 11.2. The normalized spacial score (nSPS) is 11.5. The summed E-state index contributed by atoms with van der Waals surface area (Å²) in [6, 6.07) is 19.4. The van der Waals surface area contributed by atoms with E-state index in [4.69, 9.17) is 32.4 Å². The Balaban J connectivity index is 1.14. The largest absolute Gasteiger partial charge is 0.482 e. The average Bonchev–Trinajstić information content (AvgIpc) is 3.49. The van der Waals surface area contributed by atoms with Crippen LogP contribution in [0.2, 0.25) is 10.0 Å². The molecular formula is C26H21Cl2N5O3S. The number of ether oxygens (including phenoxy) is 1. The van der Waals surface area contributed by atoms with E-state index < -0.39 is 0 Å². The van der Waals surface area contributed by atoms with Crippen LogP contribution < -0.4 is 10.2 Å². The summed E-state index contributed by atoms with van der Waals surface area (Å²) < 4.78 is 13.4. The summed E-state index contributed by atoms with van der Waals surface area (Å²) >= 11 is 13.1. The fourth-order valence-electron chi connectivity index (χ4n) is 3.92. The first-order chi connectivity index (χ1) is 18.0. The lowest BCUT2D eigenvalue weighted by Crippen LogP contribution is -2.19. The molecule has 37 heavy (non-hydrogen) atoms. The van der Waals surface area contributed by atoms with Crippen molar-refractivity contribution in [2.45, 2.75) is 25.3 Å². The fourth-order valence-corrected chi connectivity index (χ4v) is 4.95. The number of nitrogens with one attached hydrogen (secondary N) is 1. The first-order valence-electron chi connectivity index (χ1n) is 11.4. The molecule has 3 aromatic carbocycles. The number of hydrogen-bond donors (Lipinski definition) is 1. The van der Waals surface area contributed by atoms with Crippen LogP contribution in [-0.2, 0) is 17.9 Å². The number of hydrogen-bond acceptors (Lipinski definition) is 7. The van der Waals surface area contributed by atoms with Gasteiger partial charge in [0.1, 0.15) is 5.75 Å². The minimum Gasteiger partial charge on any atom is -0.482 e. The minimum absolute atomic E-state index is 0.0344. The van der Waals surface area contributed by atoms with Crippen molar-refractivity contribution in [1.29, 1.82) is 0 Å². The van der Waals surface area contributed by atoms with Crippen LogP contribution in [0.5, 0.6) is 5.75 Å². The standard InChI is InChI=1S/C26H21Cl2N5O3S/c1-2-33-21-6-4-3-5-18(21)19-11-16(7-9-22(19)33)13-29-30-24(34)15-37-26-32-31-25(36-26)14-35-23-10-8-17(27)12-20(23)28/h3-13H,2,14-15H2,1H3,(H,30,34)/b29-13-. The Kier molecular flexibility index (Phi) is 7.64. The molecule has 11 heteroatoms. The third-order valence-electron chi connectivity index (χ3n) is 5.54. The molecule has 0 bridgehead atoms. The Labute approximate surface area is 226 Å². The van der Waals surface area contributed by atoms with E-state index in [2.05, 4.69) is 56.5 Å². The van der Waals surface area contributed by atoms with Crippen LogP contribution >= 0.6 is 35.0 Å². The van der Waals surface area contributed by atoms with Gasteiger partial charge in [0.2, 0.25) is 0 Å². The maximum absolute atomic E-state index is 12.2. The number of thioether (sulfide) groups is 1. The van der Waals surface area contributed by atoms with E-state index >= 15 is 0 Å². The number of benzene rings is 3. The molecule has 1 N–H and O–H groups in total. The summed E-state index contributed by atoms with van der Waals surface area (Å²) in [5, 5.41) is 15.4. The van der Waals surface area contributed by atoms with E-state index in [9.17, 15) is 4.79 Å². The van der Waals surface area contributed by atoms with Crippen molar-refractivity contribution in [3.63, 3.8) is 0 Å². The van der Waals surface area contributed by atoms with E-state index in [-0.39, 0.29) is 29.4 Å². The van der Waals surface area contributed by atoms with Gasteiger partial charge in [0.05, 0.1) is 17.0 Å². The molecule has 0 fully saturated rings. The number of carbonyl (C=O) groups is 1. The zero-order chi connectivity index (χ0) is 25.8. The number of carbonyl (C=O) groups excluding carboxylic acids is 1. The quantitative estimate of drug-likeness (QED) is 0.130. The van der Waals surface area contributed by atoms with E-state index in [1.165, 1.54) is 16.4 Å². The Hall–Kier alpha value is -3.53. The molecule has 0 saturated carbocycles. The van der Waals surface area contributed by atoms with Gasteiger partial charge in [0.15, 0.2) is 6.61 Å². The van der Waals surface area contributed by atoms with Crippen molar-refractivity contribution in [3.05, 3.63) is 82.2 Å². The highest BCUT2D eigenvalue weighted by molar-refractivity contribution is 7.99. The summed E-state index contributed by atoms with van der Waals surface area (Å²) in [6.07, 6.45) is 1.63. The number of para-hydroxylation sites is 1. The van der Waals surface area contributed by atoms with Gasteiger partial charge in [-0.15, -0.1) is 10.2 Å². The van der Waals surface area contributed by atoms with E-state index in [1.807, 2.05) is 18.2 Å². The van der Waals surface area contributed by atoms with Gasteiger partial charge in [-0.25, -0.2) is 5.43 Å². The maximum atomic E-state index is 12.2. The zero-order valence-corrected chi connectivity index (χ0v) is 22.0. The van der Waals surface area contributed by atoms with Crippen molar-refractivity contribution < 1.29 is 13.9 Å². The smallest absolute Gasteiger partial charge is 0.277 e. The number of halogens is 2. The number of rotatable bonds is 9. The van der Waals surface area contributed by atoms with E-state index in [0.717, 1.165) is 29.3 Å².